The molecule has 0 aromatic carbocycles. The van der Waals surface area contributed by atoms with Gasteiger partial charge in [0.05, 0.1) is 5.69 Å². The van der Waals surface area contributed by atoms with Gasteiger partial charge in [0.2, 0.25) is 5.95 Å². The minimum atomic E-state index is -4.62. The number of halogens is 4. The second-order valence-electron chi connectivity index (χ2n) is 6.68. The second-order valence-corrected chi connectivity index (χ2v) is 6.68. The zero-order chi connectivity index (χ0) is 21.5. The van der Waals surface area contributed by atoms with Crippen molar-refractivity contribution in [2.24, 2.45) is 0 Å². The van der Waals surface area contributed by atoms with E-state index in [4.69, 9.17) is 0 Å². The van der Waals surface area contributed by atoms with E-state index in [1.54, 1.807) is 0 Å². The molecule has 0 radical (unpaired) electrons. The molecule has 0 aliphatic heterocycles. The predicted molar refractivity (Wildman–Crippen MR) is 96.2 cm³/mol. The Hall–Kier alpha value is -3.63. The molecular weight excluding hydrogens is 406 g/mol. The molecule has 0 spiro atoms. The first-order valence-corrected chi connectivity index (χ1v) is 8.79. The molecule has 0 bridgehead atoms. The summed E-state index contributed by atoms with van der Waals surface area (Å²) in [5.74, 6) is -2.30. The first-order valence-electron chi connectivity index (χ1n) is 8.79. The van der Waals surface area contributed by atoms with E-state index in [2.05, 4.69) is 20.1 Å². The third kappa shape index (κ3) is 4.19. The van der Waals surface area contributed by atoms with Crippen molar-refractivity contribution in [3.8, 4) is 11.4 Å². The normalized spacial score (nSPS) is 14.7. The van der Waals surface area contributed by atoms with Crippen LogP contribution in [0, 0.1) is 5.95 Å². The summed E-state index contributed by atoms with van der Waals surface area (Å²) in [6.45, 7) is 0. The van der Waals surface area contributed by atoms with E-state index in [1.165, 1.54) is 18.2 Å². The van der Waals surface area contributed by atoms with E-state index in [1.807, 2.05) is 0 Å². The van der Waals surface area contributed by atoms with Crippen LogP contribution in [0.15, 0.2) is 36.7 Å². The Labute approximate surface area is 166 Å². The molecule has 0 unspecified atom stereocenters. The third-order valence-corrected chi connectivity index (χ3v) is 4.38. The Balaban J connectivity index is 1.72. The number of aromatic nitrogens is 5. The van der Waals surface area contributed by atoms with Crippen molar-refractivity contribution in [1.29, 1.82) is 0 Å². The summed E-state index contributed by atoms with van der Waals surface area (Å²) in [6, 6.07) is 6.03. The smallest absolute Gasteiger partial charge is 0.433 e. The lowest BCUT2D eigenvalue weighted by Gasteiger charge is -2.09. The minimum absolute atomic E-state index is 0.0225. The van der Waals surface area contributed by atoms with E-state index < -0.39 is 23.8 Å². The number of carboxylic acids is 1. The van der Waals surface area contributed by atoms with Crippen molar-refractivity contribution >= 4 is 17.7 Å². The van der Waals surface area contributed by atoms with Gasteiger partial charge < -0.3 is 5.11 Å². The highest BCUT2D eigenvalue weighted by molar-refractivity contribution is 6.18. The monoisotopic (exact) mass is 419 g/mol. The number of hydrogen-bond acceptors (Lipinski definition) is 5. The molecule has 1 aliphatic carbocycles. The number of nitrogens with zero attached hydrogens (tertiary/aromatic N) is 5. The van der Waals surface area contributed by atoms with Gasteiger partial charge in [-0.1, -0.05) is 6.07 Å². The Morgan fingerprint density at radius 3 is 2.60 bits per heavy atom. The molecule has 0 amide bonds. The summed E-state index contributed by atoms with van der Waals surface area (Å²) in [5.41, 5.74) is -1.10. The molecule has 3 aromatic rings. The standard InChI is InChI=1S/C19H13F4N5O2/c20-16-3-1-2-13(26-16)12(18(29)30)8-28-9-24-17(27-28)11-6-14(10-4-5-10)25-15(7-11)19(21,22)23/h1-3,6-10H,4-5H2,(H,29,30)/b12-8+. The molecule has 1 aliphatic rings. The molecule has 11 heteroatoms. The van der Waals surface area contributed by atoms with Crippen molar-refractivity contribution in [2.75, 3.05) is 0 Å². The molecule has 1 fully saturated rings. The van der Waals surface area contributed by atoms with Crippen LogP contribution in [0.4, 0.5) is 17.6 Å². The lowest BCUT2D eigenvalue weighted by atomic mass is 10.1. The number of carboxylic acid groups (broad SMARTS) is 1. The number of hydrogen-bond donors (Lipinski definition) is 1. The lowest BCUT2D eigenvalue weighted by Crippen LogP contribution is -2.10. The molecule has 0 atom stereocenters. The van der Waals surface area contributed by atoms with Gasteiger partial charge >= 0.3 is 12.1 Å². The maximum atomic E-state index is 13.3. The summed E-state index contributed by atoms with van der Waals surface area (Å²) in [4.78, 5) is 22.7. The van der Waals surface area contributed by atoms with Gasteiger partial charge in [-0.05, 0) is 37.1 Å². The average Bonchev–Trinajstić information content (AvgIpc) is 3.43. The van der Waals surface area contributed by atoms with Crippen molar-refractivity contribution in [3.63, 3.8) is 0 Å². The van der Waals surface area contributed by atoms with Crippen LogP contribution in [0.25, 0.3) is 23.2 Å². The number of rotatable bonds is 5. The highest BCUT2D eigenvalue weighted by Gasteiger charge is 2.35. The van der Waals surface area contributed by atoms with Crippen molar-refractivity contribution in [2.45, 2.75) is 24.9 Å². The maximum Gasteiger partial charge on any atom is 0.433 e. The Morgan fingerprint density at radius 2 is 1.97 bits per heavy atom. The minimum Gasteiger partial charge on any atom is -0.478 e. The Morgan fingerprint density at radius 1 is 1.20 bits per heavy atom. The lowest BCUT2D eigenvalue weighted by molar-refractivity contribution is -0.141. The molecule has 4 rings (SSSR count). The number of aliphatic carboxylic acids is 1. The Bertz CT molecular complexity index is 1150. The van der Waals surface area contributed by atoms with Gasteiger partial charge in [0.1, 0.15) is 17.6 Å². The summed E-state index contributed by atoms with van der Waals surface area (Å²) in [5, 5.41) is 13.5. The highest BCUT2D eigenvalue weighted by Crippen LogP contribution is 2.41. The van der Waals surface area contributed by atoms with Crippen LogP contribution >= 0.6 is 0 Å². The fourth-order valence-corrected chi connectivity index (χ4v) is 2.81. The van der Waals surface area contributed by atoms with E-state index in [0.717, 1.165) is 42.2 Å². The van der Waals surface area contributed by atoms with Crippen LogP contribution in [0.5, 0.6) is 0 Å². The molecule has 7 nitrogen and oxygen atoms in total. The maximum absolute atomic E-state index is 13.3. The fourth-order valence-electron chi connectivity index (χ4n) is 2.81. The van der Waals surface area contributed by atoms with Gasteiger partial charge in [0.25, 0.3) is 0 Å². The number of alkyl halides is 3. The summed E-state index contributed by atoms with van der Waals surface area (Å²) >= 11 is 0. The van der Waals surface area contributed by atoms with Crippen LogP contribution in [0.3, 0.4) is 0 Å². The number of carbonyl (C=O) groups is 1. The van der Waals surface area contributed by atoms with Gasteiger partial charge in [-0.2, -0.15) is 17.6 Å². The van der Waals surface area contributed by atoms with Crippen molar-refractivity contribution in [1.82, 2.24) is 24.7 Å². The van der Waals surface area contributed by atoms with Crippen LogP contribution < -0.4 is 0 Å². The van der Waals surface area contributed by atoms with E-state index >= 15 is 0 Å². The molecular formula is C19H13F4N5O2. The molecule has 3 aromatic heterocycles. The van der Waals surface area contributed by atoms with Crippen LogP contribution in [-0.4, -0.2) is 35.8 Å². The quantitative estimate of drug-likeness (QED) is 0.384. The summed E-state index contributed by atoms with van der Waals surface area (Å²) < 4.78 is 54.0. The van der Waals surface area contributed by atoms with E-state index in [9.17, 15) is 27.5 Å². The van der Waals surface area contributed by atoms with Gasteiger partial charge in [0, 0.05) is 23.4 Å². The molecule has 1 N–H and O–H groups in total. The third-order valence-electron chi connectivity index (χ3n) is 4.38. The summed E-state index contributed by atoms with van der Waals surface area (Å²) in [7, 11) is 0. The van der Waals surface area contributed by atoms with Gasteiger partial charge in [-0.25, -0.2) is 24.4 Å². The highest BCUT2D eigenvalue weighted by atomic mass is 19.4. The largest absolute Gasteiger partial charge is 0.478 e. The van der Waals surface area contributed by atoms with E-state index in [-0.39, 0.29) is 28.6 Å². The average molecular weight is 419 g/mol. The fraction of sp³-hybridized carbons (Fsp3) is 0.211. The molecule has 30 heavy (non-hydrogen) atoms. The van der Waals surface area contributed by atoms with Crippen molar-refractivity contribution < 1.29 is 27.5 Å². The SMILES string of the molecule is O=C(O)/C(=C/n1cnc(-c2cc(C3CC3)nc(C(F)(F)F)c2)n1)c1cccc(F)n1. The topological polar surface area (TPSA) is 93.8 Å². The number of pyridine rings is 2. The first kappa shape index (κ1) is 19.7. The second kappa shape index (κ2) is 7.32. The van der Waals surface area contributed by atoms with Crippen LogP contribution in [0.1, 0.15) is 35.8 Å². The van der Waals surface area contributed by atoms with Gasteiger partial charge in [-0.3, -0.25) is 0 Å². The van der Waals surface area contributed by atoms with Crippen LogP contribution in [0.2, 0.25) is 0 Å². The summed E-state index contributed by atoms with van der Waals surface area (Å²) in [6.07, 6.45) is -0.903. The predicted octanol–water partition coefficient (Wildman–Crippen LogP) is 3.85. The molecule has 0 saturated heterocycles. The molecule has 154 valence electrons. The zero-order valence-electron chi connectivity index (χ0n) is 15.1. The zero-order valence-corrected chi connectivity index (χ0v) is 15.1. The first-order chi connectivity index (χ1) is 14.2. The molecule has 1 saturated carbocycles. The molecule has 3 heterocycles. The van der Waals surface area contributed by atoms with Gasteiger partial charge in [-0.15, -0.1) is 5.10 Å². The Kier molecular flexibility index (Phi) is 4.80. The van der Waals surface area contributed by atoms with Gasteiger partial charge in [0.15, 0.2) is 5.82 Å². The van der Waals surface area contributed by atoms with Crippen molar-refractivity contribution in [3.05, 3.63) is 59.7 Å². The van der Waals surface area contributed by atoms with Crippen LogP contribution in [-0.2, 0) is 11.0 Å². The van der Waals surface area contributed by atoms with E-state index in [0.29, 0.717) is 5.69 Å².